The van der Waals surface area contributed by atoms with Gasteiger partial charge in [-0.3, -0.25) is 9.69 Å². The molecule has 0 saturated heterocycles. The second kappa shape index (κ2) is 5.45. The van der Waals surface area contributed by atoms with E-state index >= 15 is 0 Å². The first kappa shape index (κ1) is 12.3. The van der Waals surface area contributed by atoms with E-state index in [1.807, 2.05) is 24.0 Å². The van der Waals surface area contributed by atoms with Gasteiger partial charge in [0.15, 0.2) is 0 Å². The summed E-state index contributed by atoms with van der Waals surface area (Å²) in [7, 11) is 4.10. The van der Waals surface area contributed by atoms with Crippen LogP contribution in [0.3, 0.4) is 0 Å². The fourth-order valence-corrected chi connectivity index (χ4v) is 2.44. The van der Waals surface area contributed by atoms with Gasteiger partial charge in [0.25, 0.3) is 0 Å². The highest BCUT2D eigenvalue weighted by atomic mass is 16.1. The van der Waals surface area contributed by atoms with Crippen molar-refractivity contribution < 1.29 is 4.79 Å². The number of aryl methyl sites for hydroxylation is 1. The van der Waals surface area contributed by atoms with Crippen molar-refractivity contribution in [2.24, 2.45) is 13.0 Å². The van der Waals surface area contributed by atoms with Gasteiger partial charge in [-0.05, 0) is 32.9 Å². The molecule has 1 fully saturated rings. The molecular formula is C13H21N3O. The van der Waals surface area contributed by atoms with Gasteiger partial charge in [0.05, 0.1) is 6.54 Å². The molecule has 1 heterocycles. The molecule has 0 spiro atoms. The monoisotopic (exact) mass is 235 g/mol. The molecule has 1 aliphatic carbocycles. The van der Waals surface area contributed by atoms with Gasteiger partial charge in [0.1, 0.15) is 11.6 Å². The van der Waals surface area contributed by atoms with Crippen LogP contribution in [-0.2, 0) is 18.4 Å². The number of nitrogens with zero attached hydrogens (tertiary/aromatic N) is 3. The molecule has 1 aliphatic rings. The molecule has 2 rings (SSSR count). The summed E-state index contributed by atoms with van der Waals surface area (Å²) in [6.45, 7) is 1.83. The molecule has 0 bridgehead atoms. The van der Waals surface area contributed by atoms with Crippen molar-refractivity contribution >= 4 is 5.78 Å². The molecule has 1 aromatic heterocycles. The first-order valence-corrected chi connectivity index (χ1v) is 6.34. The van der Waals surface area contributed by atoms with Crippen LogP contribution in [0, 0.1) is 5.92 Å². The maximum atomic E-state index is 11.5. The van der Waals surface area contributed by atoms with E-state index in [0.717, 1.165) is 44.6 Å². The molecule has 1 atom stereocenters. The van der Waals surface area contributed by atoms with Crippen molar-refractivity contribution in [3.05, 3.63) is 18.2 Å². The summed E-state index contributed by atoms with van der Waals surface area (Å²) >= 11 is 0. The Kier molecular flexibility index (Phi) is 3.94. The van der Waals surface area contributed by atoms with E-state index < -0.39 is 0 Å². The van der Waals surface area contributed by atoms with E-state index in [9.17, 15) is 4.79 Å². The normalized spacial score (nSPS) is 20.4. The average molecular weight is 235 g/mol. The Balaban J connectivity index is 1.76. The topological polar surface area (TPSA) is 38.1 Å². The average Bonchev–Trinajstić information content (AvgIpc) is 2.86. The van der Waals surface area contributed by atoms with Crippen LogP contribution in [0.4, 0.5) is 0 Å². The Morgan fingerprint density at radius 2 is 2.41 bits per heavy atom. The van der Waals surface area contributed by atoms with Gasteiger partial charge in [0.2, 0.25) is 0 Å². The van der Waals surface area contributed by atoms with E-state index in [1.54, 1.807) is 0 Å². The van der Waals surface area contributed by atoms with Crippen molar-refractivity contribution in [1.29, 1.82) is 0 Å². The van der Waals surface area contributed by atoms with Crippen LogP contribution in [0.1, 0.15) is 31.5 Å². The number of hydrogen-bond donors (Lipinski definition) is 0. The van der Waals surface area contributed by atoms with Gasteiger partial charge < -0.3 is 4.57 Å². The molecular weight excluding hydrogens is 214 g/mol. The van der Waals surface area contributed by atoms with Crippen molar-refractivity contribution in [2.45, 2.75) is 32.2 Å². The summed E-state index contributed by atoms with van der Waals surface area (Å²) in [5.74, 6) is 1.86. The number of ketones is 1. The van der Waals surface area contributed by atoms with Crippen LogP contribution in [-0.4, -0.2) is 33.8 Å². The maximum absolute atomic E-state index is 11.5. The van der Waals surface area contributed by atoms with Crippen molar-refractivity contribution in [3.63, 3.8) is 0 Å². The number of Topliss-reactive ketones (excluding diaryl/α,β-unsaturated/α-hetero) is 1. The largest absolute Gasteiger partial charge is 0.337 e. The minimum atomic E-state index is 0.318. The highest BCUT2D eigenvalue weighted by molar-refractivity contribution is 5.82. The number of hydrogen-bond acceptors (Lipinski definition) is 3. The smallest absolute Gasteiger partial charge is 0.136 e. The van der Waals surface area contributed by atoms with E-state index in [0.29, 0.717) is 11.7 Å². The van der Waals surface area contributed by atoms with Crippen molar-refractivity contribution in [2.75, 3.05) is 13.6 Å². The lowest BCUT2D eigenvalue weighted by atomic mass is 10.0. The lowest BCUT2D eigenvalue weighted by molar-refractivity contribution is -0.120. The maximum Gasteiger partial charge on any atom is 0.136 e. The molecule has 0 N–H and O–H groups in total. The number of aromatic nitrogens is 2. The molecule has 4 nitrogen and oxygen atoms in total. The van der Waals surface area contributed by atoms with Gasteiger partial charge >= 0.3 is 0 Å². The number of imidazole rings is 1. The van der Waals surface area contributed by atoms with Crippen LogP contribution in [0.5, 0.6) is 0 Å². The summed E-state index contributed by atoms with van der Waals surface area (Å²) in [6, 6.07) is 0. The van der Waals surface area contributed by atoms with Gasteiger partial charge in [-0.1, -0.05) is 0 Å². The van der Waals surface area contributed by atoms with E-state index in [4.69, 9.17) is 0 Å². The molecule has 0 aliphatic heterocycles. The Bertz CT molecular complexity index is 386. The summed E-state index contributed by atoms with van der Waals surface area (Å²) in [5, 5.41) is 0. The fraction of sp³-hybridized carbons (Fsp3) is 0.692. The lowest BCUT2D eigenvalue weighted by Gasteiger charge is -2.18. The Morgan fingerprint density at radius 3 is 3.00 bits per heavy atom. The molecule has 0 amide bonds. The van der Waals surface area contributed by atoms with Gasteiger partial charge in [0, 0.05) is 31.8 Å². The van der Waals surface area contributed by atoms with Crippen LogP contribution in [0.15, 0.2) is 12.4 Å². The summed E-state index contributed by atoms with van der Waals surface area (Å²) in [4.78, 5) is 18.1. The minimum absolute atomic E-state index is 0.318. The Hall–Kier alpha value is -1.16. The van der Waals surface area contributed by atoms with Crippen LogP contribution in [0.25, 0.3) is 0 Å². The Morgan fingerprint density at radius 1 is 1.59 bits per heavy atom. The second-order valence-electron chi connectivity index (χ2n) is 5.04. The molecule has 94 valence electrons. The second-order valence-corrected chi connectivity index (χ2v) is 5.04. The highest BCUT2D eigenvalue weighted by Gasteiger charge is 2.24. The fourth-order valence-electron chi connectivity index (χ4n) is 2.44. The lowest BCUT2D eigenvalue weighted by Crippen LogP contribution is -2.24. The van der Waals surface area contributed by atoms with Crippen molar-refractivity contribution in [3.8, 4) is 0 Å². The molecule has 17 heavy (non-hydrogen) atoms. The molecule has 0 radical (unpaired) electrons. The van der Waals surface area contributed by atoms with Gasteiger partial charge in [-0.2, -0.15) is 0 Å². The number of carbonyl (C=O) groups is 1. The first-order chi connectivity index (χ1) is 8.16. The molecule has 4 heteroatoms. The Labute approximate surface area is 103 Å². The molecule has 1 aromatic rings. The standard InChI is InChI=1S/C13H21N3O/c1-15(10-13-14-7-9-16(13)2)8-6-11-4-3-5-12(11)17/h7,9,11H,3-6,8,10H2,1-2H3. The predicted molar refractivity (Wildman–Crippen MR) is 66.5 cm³/mol. The third kappa shape index (κ3) is 3.16. The van der Waals surface area contributed by atoms with Gasteiger partial charge in [-0.15, -0.1) is 0 Å². The molecule has 1 saturated carbocycles. The predicted octanol–water partition coefficient (Wildman–Crippen LogP) is 1.61. The zero-order valence-electron chi connectivity index (χ0n) is 10.7. The third-order valence-corrected chi connectivity index (χ3v) is 3.62. The van der Waals surface area contributed by atoms with E-state index in [-0.39, 0.29) is 0 Å². The third-order valence-electron chi connectivity index (χ3n) is 3.62. The van der Waals surface area contributed by atoms with E-state index in [1.165, 1.54) is 0 Å². The highest BCUT2D eigenvalue weighted by Crippen LogP contribution is 2.24. The molecule has 1 unspecified atom stereocenters. The SMILES string of the molecule is CN(CCC1CCCC1=O)Cc1nccn1C. The van der Waals surface area contributed by atoms with Crippen LogP contribution in [0.2, 0.25) is 0 Å². The van der Waals surface area contributed by atoms with Crippen molar-refractivity contribution in [1.82, 2.24) is 14.5 Å². The quantitative estimate of drug-likeness (QED) is 0.778. The number of rotatable bonds is 5. The van der Waals surface area contributed by atoms with Crippen LogP contribution >= 0.6 is 0 Å². The zero-order valence-corrected chi connectivity index (χ0v) is 10.7. The minimum Gasteiger partial charge on any atom is -0.337 e. The van der Waals surface area contributed by atoms with Crippen LogP contribution < -0.4 is 0 Å². The van der Waals surface area contributed by atoms with E-state index in [2.05, 4.69) is 16.9 Å². The zero-order chi connectivity index (χ0) is 12.3. The summed E-state index contributed by atoms with van der Waals surface area (Å²) in [5.41, 5.74) is 0. The summed E-state index contributed by atoms with van der Waals surface area (Å²) in [6.07, 6.45) is 7.77. The van der Waals surface area contributed by atoms with Gasteiger partial charge in [-0.25, -0.2) is 4.98 Å². The molecule has 0 aromatic carbocycles. The number of carbonyl (C=O) groups excluding carboxylic acids is 1. The first-order valence-electron chi connectivity index (χ1n) is 6.34. The summed E-state index contributed by atoms with van der Waals surface area (Å²) < 4.78 is 2.04.